The largest absolute Gasteiger partial charge is 0.462 e. The van der Waals surface area contributed by atoms with Gasteiger partial charge >= 0.3 is 11.9 Å². The number of aliphatic hydroxyl groups excluding tert-OH is 1. The van der Waals surface area contributed by atoms with Gasteiger partial charge in [0.2, 0.25) is 5.91 Å². The zero-order valence-electron chi connectivity index (χ0n) is 33.4. The molecule has 8 unspecified atom stereocenters. The number of nitrogens with zero attached hydrogens (tertiary/aromatic N) is 1. The van der Waals surface area contributed by atoms with Crippen LogP contribution in [0.1, 0.15) is 85.0 Å². The second kappa shape index (κ2) is 16.3. The van der Waals surface area contributed by atoms with E-state index in [1.807, 2.05) is 35.6 Å². The van der Waals surface area contributed by atoms with E-state index in [-0.39, 0.29) is 108 Å². The van der Waals surface area contributed by atoms with E-state index in [0.717, 1.165) is 31.3 Å². The van der Waals surface area contributed by atoms with E-state index >= 15 is 0 Å². The third kappa shape index (κ3) is 7.02. The van der Waals surface area contributed by atoms with E-state index in [9.17, 15) is 24.3 Å². The topological polar surface area (TPSA) is 170 Å². The minimum atomic E-state index is -1.01. The first kappa shape index (κ1) is 40.8. The number of hydrogen-bond donors (Lipinski definition) is 4. The minimum absolute atomic E-state index is 0.0144. The Bertz CT molecular complexity index is 1610. The first-order valence-corrected chi connectivity index (χ1v) is 23.6. The molecule has 1 amide bonds. The Labute approximate surface area is 339 Å². The minimum Gasteiger partial charge on any atom is -0.462 e. The Hall–Kier alpha value is -1.94. The fraction of sp³-hybridized carbons (Fsp3) is 0.810. The Kier molecular flexibility index (Phi) is 11.8. The van der Waals surface area contributed by atoms with Crippen molar-refractivity contribution in [2.24, 2.45) is 53.1 Å². The van der Waals surface area contributed by atoms with Crippen molar-refractivity contribution >= 4 is 45.7 Å². The van der Waals surface area contributed by atoms with Crippen molar-refractivity contribution in [1.82, 2.24) is 15.5 Å². The first-order valence-electron chi connectivity index (χ1n) is 21.2. The number of amides is 1. The lowest BCUT2D eigenvalue weighted by molar-refractivity contribution is -0.229. The van der Waals surface area contributed by atoms with Crippen LogP contribution < -0.4 is 16.4 Å². The average molecular weight is 815 g/mol. The van der Waals surface area contributed by atoms with Gasteiger partial charge in [0.1, 0.15) is 23.6 Å². The molecule has 8 rings (SSSR count). The maximum Gasteiger partial charge on any atom is 0.334 e. The molecule has 8 aliphatic rings. The van der Waals surface area contributed by atoms with E-state index in [2.05, 4.69) is 28.5 Å². The maximum absolute atomic E-state index is 14.5. The predicted molar refractivity (Wildman–Crippen MR) is 215 cm³/mol. The molecule has 5 heterocycles. The molecule has 0 radical (unpaired) electrons. The smallest absolute Gasteiger partial charge is 0.334 e. The van der Waals surface area contributed by atoms with Crippen molar-refractivity contribution in [3.8, 4) is 0 Å². The van der Waals surface area contributed by atoms with Crippen LogP contribution in [-0.4, -0.2) is 114 Å². The summed E-state index contributed by atoms with van der Waals surface area (Å²) >= 11 is 0. The van der Waals surface area contributed by atoms with Gasteiger partial charge in [-0.3, -0.25) is 9.59 Å². The predicted octanol–water partition coefficient (Wildman–Crippen LogP) is 3.76. The Morgan fingerprint density at radius 2 is 1.98 bits per heavy atom. The second-order valence-corrected chi connectivity index (χ2v) is 21.0. The van der Waals surface area contributed by atoms with Crippen LogP contribution >= 0.6 is 21.6 Å². The molecule has 5 aliphatic heterocycles. The molecule has 16 atom stereocenters. The number of hydrogen-bond acceptors (Lipinski definition) is 13. The summed E-state index contributed by atoms with van der Waals surface area (Å²) in [5, 5.41) is 16.6. The summed E-state index contributed by atoms with van der Waals surface area (Å²) in [7, 11) is 5.57. The quantitative estimate of drug-likeness (QED) is 0.0966. The van der Waals surface area contributed by atoms with Crippen molar-refractivity contribution in [3.63, 3.8) is 0 Å². The number of allylic oxidation sites excluding steroid dienone is 1. The monoisotopic (exact) mass is 814 g/mol. The van der Waals surface area contributed by atoms with E-state index in [1.165, 1.54) is 5.57 Å². The Balaban J connectivity index is 1.17. The van der Waals surface area contributed by atoms with Gasteiger partial charge in [-0.2, -0.15) is 0 Å². The molecule has 0 aromatic heterocycles. The van der Waals surface area contributed by atoms with Crippen molar-refractivity contribution in [2.45, 2.75) is 132 Å². The number of carbonyl (C=O) groups excluding carboxylic acids is 4. The van der Waals surface area contributed by atoms with E-state index < -0.39 is 11.2 Å². The molecule has 12 nitrogen and oxygen atoms in total. The summed E-state index contributed by atoms with van der Waals surface area (Å²) in [6, 6.07) is 0.157. The summed E-state index contributed by atoms with van der Waals surface area (Å²) in [6.45, 7) is 7.00. The highest BCUT2D eigenvalue weighted by Crippen LogP contribution is 2.62. The van der Waals surface area contributed by atoms with Crippen molar-refractivity contribution in [2.75, 3.05) is 32.5 Å². The summed E-state index contributed by atoms with van der Waals surface area (Å²) in [5.41, 5.74) is 6.67. The number of piperidine rings is 1. The first-order chi connectivity index (χ1) is 26.9. The van der Waals surface area contributed by atoms with E-state index in [4.69, 9.17) is 19.9 Å². The van der Waals surface area contributed by atoms with Gasteiger partial charge < -0.3 is 45.4 Å². The highest BCUT2D eigenvalue weighted by atomic mass is 33.1. The molecule has 56 heavy (non-hydrogen) atoms. The van der Waals surface area contributed by atoms with E-state index in [0.29, 0.717) is 63.6 Å². The van der Waals surface area contributed by atoms with Crippen LogP contribution in [0.25, 0.3) is 0 Å². The van der Waals surface area contributed by atoms with Gasteiger partial charge in [-0.25, -0.2) is 4.79 Å². The molecule has 310 valence electrons. The number of aliphatic hydroxyl groups is 1. The van der Waals surface area contributed by atoms with Crippen LogP contribution in [0.4, 0.5) is 0 Å². The average Bonchev–Trinajstić information content (AvgIpc) is 3.53. The summed E-state index contributed by atoms with van der Waals surface area (Å²) in [6.07, 6.45) is 10.9. The van der Waals surface area contributed by atoms with Crippen LogP contribution in [0.15, 0.2) is 23.3 Å². The highest BCUT2D eigenvalue weighted by molar-refractivity contribution is 8.77. The maximum atomic E-state index is 14.5. The van der Waals surface area contributed by atoms with Crippen LogP contribution in [0.2, 0.25) is 0 Å². The van der Waals surface area contributed by atoms with Gasteiger partial charge in [0, 0.05) is 79.3 Å². The van der Waals surface area contributed by atoms with Gasteiger partial charge in [-0.05, 0) is 96.4 Å². The molecule has 2 saturated carbocycles. The van der Waals surface area contributed by atoms with Crippen LogP contribution in [-0.2, 0) is 33.4 Å². The molecule has 14 heteroatoms. The third-order valence-corrected chi connectivity index (χ3v) is 18.3. The molecule has 5 saturated heterocycles. The van der Waals surface area contributed by atoms with Gasteiger partial charge in [0.05, 0.1) is 24.2 Å². The van der Waals surface area contributed by atoms with Crippen molar-refractivity contribution in [1.29, 1.82) is 0 Å². The molecule has 0 bridgehead atoms. The number of esters is 2. The van der Waals surface area contributed by atoms with Gasteiger partial charge in [0.25, 0.3) is 0 Å². The van der Waals surface area contributed by atoms with Crippen LogP contribution in [0.3, 0.4) is 0 Å². The molecule has 7 fully saturated rings. The number of fused-ring (bicyclic) bond motifs is 6. The van der Waals surface area contributed by atoms with Crippen LogP contribution in [0.5, 0.6) is 0 Å². The van der Waals surface area contributed by atoms with E-state index in [1.54, 1.807) is 13.0 Å². The second-order valence-electron chi connectivity index (χ2n) is 18.4. The summed E-state index contributed by atoms with van der Waals surface area (Å²) < 4.78 is 20.4. The normalized spacial score (nSPS) is 46.3. The number of nitrogens with one attached hydrogen (secondary N) is 2. The number of nitrogens with two attached hydrogens (primary N) is 1. The number of carbonyl (C=O) groups is 4. The molecular weight excluding hydrogens is 753 g/mol. The number of ether oxygens (including phenoxy) is 3. The third-order valence-electron chi connectivity index (χ3n) is 15.5. The fourth-order valence-corrected chi connectivity index (χ4v) is 15.6. The van der Waals surface area contributed by atoms with Gasteiger partial charge in [-0.1, -0.05) is 39.3 Å². The lowest BCUT2D eigenvalue weighted by atomic mass is 9.56. The molecule has 3 aliphatic carbocycles. The number of rotatable bonds is 7. The standard InChI is InChI=1S/C42H62N4O8S2/c1-5-22(2)39(50)54-41(3)9-8-24-21-55-56-33-13-28(20-48)37(44-4)30-19-46(38(30)33)35(49)14-27-18-45-34(43)15-29(27)36(24)42(41)17-26-12-25-11-23(7-6-10-47)40(51)52-31(25)16-32(26)53-42/h5,8,20,23,25-34,36-38,44-45,47H,6-7,9-19,21,43H2,1-4H3/t23?,25?,26?,27?,28-,29?,30+,31?,32?,33+,34?,36-,37-,38-,41+,42+/m1/s1. The van der Waals surface area contributed by atoms with Crippen molar-refractivity contribution in [3.05, 3.63) is 23.3 Å². The van der Waals surface area contributed by atoms with Crippen molar-refractivity contribution < 1.29 is 38.5 Å². The molecule has 5 N–H and O–H groups in total. The Morgan fingerprint density at radius 1 is 1.16 bits per heavy atom. The van der Waals surface area contributed by atoms with Crippen LogP contribution in [0, 0.1) is 47.3 Å². The lowest BCUT2D eigenvalue weighted by Crippen LogP contribution is -2.72. The number of aldehydes is 1. The molecule has 0 aromatic carbocycles. The molecule has 1 spiro atoms. The molecule has 0 aromatic rings. The zero-order valence-corrected chi connectivity index (χ0v) is 35.0. The zero-order chi connectivity index (χ0) is 39.5. The summed E-state index contributed by atoms with van der Waals surface area (Å²) in [4.78, 5) is 55.9. The highest BCUT2D eigenvalue weighted by Gasteiger charge is 2.68. The SMILES string of the molecule is CC=C(C)C(=O)O[C@@]1(C)CC=C2CSS[C@H]3C[C@H](C=O)[C@@H](NC)[C@@H]4CN(C(=O)CC5CNC(N)CC5[C@@H]2[C@@]12CC1CC5CC(CCCO)C(=O)OC5CC1O2)[C@H]43. The molecular formula is C42H62N4O8S2. The Morgan fingerprint density at radius 3 is 2.73 bits per heavy atom. The lowest BCUT2D eigenvalue weighted by Gasteiger charge is -2.59. The fourth-order valence-electron chi connectivity index (χ4n) is 12.5. The summed E-state index contributed by atoms with van der Waals surface area (Å²) in [5.74, 6) is 0.488. The van der Waals surface area contributed by atoms with Gasteiger partial charge in [0.15, 0.2) is 0 Å². The van der Waals surface area contributed by atoms with Gasteiger partial charge in [-0.15, -0.1) is 0 Å².